The van der Waals surface area contributed by atoms with Crippen LogP contribution in [0.3, 0.4) is 0 Å². The number of anilines is 1. The van der Waals surface area contributed by atoms with E-state index >= 15 is 0 Å². The van der Waals surface area contributed by atoms with Gasteiger partial charge in [0.2, 0.25) is 0 Å². The number of ether oxygens (including phenoxy) is 1. The molecule has 1 saturated carbocycles. The van der Waals surface area contributed by atoms with E-state index in [1.54, 1.807) is 0 Å². The molecule has 1 N–H and O–H groups in total. The highest BCUT2D eigenvalue weighted by atomic mass is 16.6. The Kier molecular flexibility index (Phi) is 5.85. The van der Waals surface area contributed by atoms with Gasteiger partial charge in [-0.1, -0.05) is 31.2 Å². The van der Waals surface area contributed by atoms with E-state index in [9.17, 15) is 4.79 Å². The average Bonchev–Trinajstić information content (AvgIpc) is 2.53. The predicted octanol–water partition coefficient (Wildman–Crippen LogP) is 4.31. The van der Waals surface area contributed by atoms with Crippen molar-refractivity contribution in [3.63, 3.8) is 0 Å². The molecule has 21 heavy (non-hydrogen) atoms. The van der Waals surface area contributed by atoms with Crippen LogP contribution in [0.25, 0.3) is 0 Å². The fourth-order valence-corrected chi connectivity index (χ4v) is 2.80. The molecule has 1 aromatic carbocycles. The molecule has 1 aliphatic carbocycles. The molecule has 0 radical (unpaired) electrons. The summed E-state index contributed by atoms with van der Waals surface area (Å²) in [5, 5.41) is 3.30. The highest BCUT2D eigenvalue weighted by Crippen LogP contribution is 2.32. The maximum Gasteiger partial charge on any atom is 0.306 e. The molecule has 114 valence electrons. The van der Waals surface area contributed by atoms with Gasteiger partial charge >= 0.3 is 5.97 Å². The molecule has 0 unspecified atom stereocenters. The maximum absolute atomic E-state index is 12.0. The molecule has 1 aliphatic rings. The van der Waals surface area contributed by atoms with Gasteiger partial charge < -0.3 is 10.1 Å². The number of carbonyl (C=O) groups excluding carboxylic acids is 1. The second-order valence-electron chi connectivity index (χ2n) is 5.70. The first-order chi connectivity index (χ1) is 10.2. The molecule has 0 atom stereocenters. The quantitative estimate of drug-likeness (QED) is 0.461. The zero-order valence-electron chi connectivity index (χ0n) is 12.6. The highest BCUT2D eigenvalue weighted by molar-refractivity contribution is 5.70. The zero-order chi connectivity index (χ0) is 15.0. The number of para-hydroxylation sites is 1. The summed E-state index contributed by atoms with van der Waals surface area (Å²) >= 11 is 0. The summed E-state index contributed by atoms with van der Waals surface area (Å²) in [5.74, 6) is -0.105. The van der Waals surface area contributed by atoms with Gasteiger partial charge in [-0.25, -0.2) is 0 Å². The summed E-state index contributed by atoms with van der Waals surface area (Å²) in [6.45, 7) is 4.63. The van der Waals surface area contributed by atoms with E-state index in [0.29, 0.717) is 6.42 Å². The summed E-state index contributed by atoms with van der Waals surface area (Å²) in [6.07, 6.45) is 8.37. The van der Waals surface area contributed by atoms with Crippen LogP contribution in [0.1, 0.15) is 44.9 Å². The van der Waals surface area contributed by atoms with Crippen LogP contribution in [-0.2, 0) is 9.53 Å². The maximum atomic E-state index is 12.0. The molecule has 1 aromatic rings. The van der Waals surface area contributed by atoms with Gasteiger partial charge in [0.05, 0.1) is 0 Å². The van der Waals surface area contributed by atoms with Gasteiger partial charge in [-0.05, 0) is 50.3 Å². The van der Waals surface area contributed by atoms with Crippen molar-refractivity contribution < 1.29 is 9.53 Å². The molecule has 1 fully saturated rings. The third-order valence-electron chi connectivity index (χ3n) is 4.05. The molecule has 0 heterocycles. The molecule has 3 heteroatoms. The molecule has 0 saturated heterocycles. The highest BCUT2D eigenvalue weighted by Gasteiger charge is 2.32. The standard InChI is InChI=1S/C18H25NO2/c1-2-18(13-7-4-8-14-18)21-17(20)12-9-15-19-16-10-5-3-6-11-16/h2-3,5-6,10-11,19H,1,4,7-9,12-15H2. The first kappa shape index (κ1) is 15.6. The van der Waals surface area contributed by atoms with Crippen LogP contribution < -0.4 is 5.32 Å². The lowest BCUT2D eigenvalue weighted by Gasteiger charge is -2.33. The Morgan fingerprint density at radius 3 is 2.62 bits per heavy atom. The Hall–Kier alpha value is -1.77. The molecule has 3 nitrogen and oxygen atoms in total. The average molecular weight is 287 g/mol. The van der Waals surface area contributed by atoms with Crippen molar-refractivity contribution in [2.24, 2.45) is 0 Å². The number of rotatable bonds is 7. The minimum absolute atomic E-state index is 0.105. The largest absolute Gasteiger partial charge is 0.455 e. The molecular weight excluding hydrogens is 262 g/mol. The van der Waals surface area contributed by atoms with Gasteiger partial charge in [-0.3, -0.25) is 4.79 Å². The summed E-state index contributed by atoms with van der Waals surface area (Å²) in [4.78, 5) is 12.0. The fraction of sp³-hybridized carbons (Fsp3) is 0.500. The van der Waals surface area contributed by atoms with Crippen LogP contribution in [0.5, 0.6) is 0 Å². The van der Waals surface area contributed by atoms with E-state index in [2.05, 4.69) is 11.9 Å². The van der Waals surface area contributed by atoms with E-state index in [-0.39, 0.29) is 5.97 Å². The zero-order valence-corrected chi connectivity index (χ0v) is 12.6. The number of carbonyl (C=O) groups is 1. The normalized spacial score (nSPS) is 17.0. The fourth-order valence-electron chi connectivity index (χ4n) is 2.80. The molecule has 0 spiro atoms. The molecule has 0 aliphatic heterocycles. The summed E-state index contributed by atoms with van der Waals surface area (Å²) < 4.78 is 5.70. The second-order valence-corrected chi connectivity index (χ2v) is 5.70. The molecule has 0 aromatic heterocycles. The van der Waals surface area contributed by atoms with Crippen LogP contribution in [-0.4, -0.2) is 18.1 Å². The van der Waals surface area contributed by atoms with Crippen molar-refractivity contribution in [3.8, 4) is 0 Å². The number of hydrogen-bond acceptors (Lipinski definition) is 3. The number of nitrogens with one attached hydrogen (secondary N) is 1. The van der Waals surface area contributed by atoms with Crippen LogP contribution in [0.2, 0.25) is 0 Å². The van der Waals surface area contributed by atoms with E-state index < -0.39 is 5.60 Å². The lowest BCUT2D eigenvalue weighted by atomic mass is 9.85. The Morgan fingerprint density at radius 1 is 1.24 bits per heavy atom. The minimum atomic E-state index is -0.401. The Bertz CT molecular complexity index is 450. The molecule has 2 rings (SSSR count). The van der Waals surface area contributed by atoms with Crippen LogP contribution in [0.4, 0.5) is 5.69 Å². The SMILES string of the molecule is C=CC1(OC(=O)CCCNc2ccccc2)CCCCC1. The van der Waals surface area contributed by atoms with Crippen LogP contribution in [0, 0.1) is 0 Å². The Balaban J connectivity index is 1.68. The number of benzene rings is 1. The molecule has 0 bridgehead atoms. The number of esters is 1. The van der Waals surface area contributed by atoms with Crippen molar-refractivity contribution in [3.05, 3.63) is 43.0 Å². The second kappa shape index (κ2) is 7.87. The van der Waals surface area contributed by atoms with Gasteiger partial charge in [0.25, 0.3) is 0 Å². The van der Waals surface area contributed by atoms with Gasteiger partial charge in [0.15, 0.2) is 0 Å². The topological polar surface area (TPSA) is 38.3 Å². The van der Waals surface area contributed by atoms with E-state index in [1.165, 1.54) is 6.42 Å². The molecule has 0 amide bonds. The lowest BCUT2D eigenvalue weighted by Crippen LogP contribution is -2.35. The first-order valence-electron chi connectivity index (χ1n) is 7.88. The van der Waals surface area contributed by atoms with E-state index in [0.717, 1.165) is 44.3 Å². The van der Waals surface area contributed by atoms with Gasteiger partial charge in [0, 0.05) is 18.7 Å². The van der Waals surface area contributed by atoms with Crippen molar-refractivity contribution >= 4 is 11.7 Å². The summed E-state index contributed by atoms with van der Waals surface area (Å²) in [7, 11) is 0. The first-order valence-corrected chi connectivity index (χ1v) is 7.88. The van der Waals surface area contributed by atoms with Crippen molar-refractivity contribution in [1.82, 2.24) is 0 Å². The monoisotopic (exact) mass is 287 g/mol. The van der Waals surface area contributed by atoms with Crippen molar-refractivity contribution in [1.29, 1.82) is 0 Å². The third kappa shape index (κ3) is 4.92. The predicted molar refractivity (Wildman–Crippen MR) is 86.3 cm³/mol. The Labute approximate surface area is 127 Å². The van der Waals surface area contributed by atoms with E-state index in [4.69, 9.17) is 4.74 Å². The van der Waals surface area contributed by atoms with Gasteiger partial charge in [-0.2, -0.15) is 0 Å². The van der Waals surface area contributed by atoms with Gasteiger partial charge in [-0.15, -0.1) is 0 Å². The molecular formula is C18H25NO2. The van der Waals surface area contributed by atoms with Crippen LogP contribution in [0.15, 0.2) is 43.0 Å². The number of hydrogen-bond donors (Lipinski definition) is 1. The van der Waals surface area contributed by atoms with Crippen molar-refractivity contribution in [2.45, 2.75) is 50.5 Å². The Morgan fingerprint density at radius 2 is 1.95 bits per heavy atom. The van der Waals surface area contributed by atoms with Gasteiger partial charge in [0.1, 0.15) is 5.60 Å². The lowest BCUT2D eigenvalue weighted by molar-refractivity contribution is -0.157. The minimum Gasteiger partial charge on any atom is -0.455 e. The van der Waals surface area contributed by atoms with E-state index in [1.807, 2.05) is 36.4 Å². The van der Waals surface area contributed by atoms with Crippen LogP contribution >= 0.6 is 0 Å². The third-order valence-corrected chi connectivity index (χ3v) is 4.05. The van der Waals surface area contributed by atoms with Crippen molar-refractivity contribution in [2.75, 3.05) is 11.9 Å². The summed E-state index contributed by atoms with van der Waals surface area (Å²) in [6, 6.07) is 10.0. The smallest absolute Gasteiger partial charge is 0.306 e. The summed E-state index contributed by atoms with van der Waals surface area (Å²) in [5.41, 5.74) is 0.683.